The minimum Gasteiger partial charge on any atom is -0.368 e. The second-order valence-corrected chi connectivity index (χ2v) is 7.35. The molecule has 8 nitrogen and oxygen atoms in total. The number of anilines is 2. The van der Waals surface area contributed by atoms with Crippen molar-refractivity contribution in [2.75, 3.05) is 24.7 Å². The Hall–Kier alpha value is -2.68. The molecule has 0 spiro atoms. The van der Waals surface area contributed by atoms with Crippen LogP contribution in [0, 0.1) is 0 Å². The summed E-state index contributed by atoms with van der Waals surface area (Å²) in [5.74, 6) is 1.73. The van der Waals surface area contributed by atoms with Crippen LogP contribution in [-0.2, 0) is 5.75 Å². The predicted octanol–water partition coefficient (Wildman–Crippen LogP) is 1.86. The molecule has 2 heterocycles. The number of hydrogen-bond acceptors (Lipinski definition) is 8. The van der Waals surface area contributed by atoms with Gasteiger partial charge in [-0.15, -0.1) is 0 Å². The highest BCUT2D eigenvalue weighted by Crippen LogP contribution is 2.37. The Morgan fingerprint density at radius 2 is 1.96 bits per heavy atom. The molecule has 134 valence electrons. The van der Waals surface area contributed by atoms with Crippen LogP contribution in [0.2, 0.25) is 0 Å². The Labute approximate surface area is 154 Å². The normalized spacial score (nSPS) is 13.9. The van der Waals surface area contributed by atoms with E-state index in [4.69, 9.17) is 10.7 Å². The molecule has 1 fully saturated rings. The number of nitrogen functional groups attached to an aromatic ring is 1. The van der Waals surface area contributed by atoms with Crippen molar-refractivity contribution >= 4 is 34.6 Å². The minimum atomic E-state index is 0.0183. The van der Waals surface area contributed by atoms with Gasteiger partial charge in [0, 0.05) is 20.1 Å². The van der Waals surface area contributed by atoms with E-state index in [2.05, 4.69) is 15.0 Å². The molecule has 3 aromatic rings. The topological polar surface area (TPSA) is 103 Å². The summed E-state index contributed by atoms with van der Waals surface area (Å²) in [7, 11) is 3.70. The van der Waals surface area contributed by atoms with Gasteiger partial charge in [0.2, 0.25) is 11.9 Å². The maximum atomic E-state index is 12.9. The van der Waals surface area contributed by atoms with Gasteiger partial charge in [0.15, 0.2) is 5.16 Å². The number of para-hydroxylation sites is 1. The summed E-state index contributed by atoms with van der Waals surface area (Å²) in [6, 6.07) is 7.69. The number of nitrogens with zero attached hydrogens (tertiary/aromatic N) is 6. The molecule has 2 N–H and O–H groups in total. The minimum absolute atomic E-state index is 0.0183. The molecule has 1 aliphatic rings. The summed E-state index contributed by atoms with van der Waals surface area (Å²) < 4.78 is 1.81. The Morgan fingerprint density at radius 3 is 2.69 bits per heavy atom. The van der Waals surface area contributed by atoms with Gasteiger partial charge in [-0.1, -0.05) is 23.9 Å². The molecule has 2 aromatic heterocycles. The molecular weight excluding hydrogens is 350 g/mol. The van der Waals surface area contributed by atoms with E-state index in [0.29, 0.717) is 33.6 Å². The molecule has 0 amide bonds. The third-order valence-electron chi connectivity index (χ3n) is 4.11. The number of benzene rings is 1. The van der Waals surface area contributed by atoms with Gasteiger partial charge in [-0.2, -0.15) is 15.0 Å². The van der Waals surface area contributed by atoms with Crippen LogP contribution >= 0.6 is 11.8 Å². The Kier molecular flexibility index (Phi) is 4.23. The Morgan fingerprint density at radius 1 is 1.19 bits per heavy atom. The lowest BCUT2D eigenvalue weighted by Crippen LogP contribution is -2.22. The van der Waals surface area contributed by atoms with Crippen LogP contribution in [0.15, 0.2) is 34.2 Å². The first-order chi connectivity index (χ1) is 12.5. The third-order valence-corrected chi connectivity index (χ3v) is 5.05. The zero-order valence-electron chi connectivity index (χ0n) is 14.6. The maximum absolute atomic E-state index is 12.9. The maximum Gasteiger partial charge on any atom is 0.262 e. The van der Waals surface area contributed by atoms with E-state index in [-0.39, 0.29) is 17.5 Å². The molecule has 0 atom stereocenters. The van der Waals surface area contributed by atoms with Crippen molar-refractivity contribution in [3.05, 3.63) is 40.4 Å². The average Bonchev–Trinajstić information content (AvgIpc) is 3.44. The molecule has 9 heteroatoms. The monoisotopic (exact) mass is 369 g/mol. The zero-order valence-corrected chi connectivity index (χ0v) is 15.4. The number of thioether (sulfide) groups is 1. The molecule has 0 aliphatic heterocycles. The van der Waals surface area contributed by atoms with Gasteiger partial charge in [-0.05, 0) is 25.0 Å². The first kappa shape index (κ1) is 16.8. The Bertz CT molecular complexity index is 1030. The smallest absolute Gasteiger partial charge is 0.262 e. The lowest BCUT2D eigenvalue weighted by molar-refractivity contribution is 0.617. The molecule has 0 radical (unpaired) electrons. The summed E-state index contributed by atoms with van der Waals surface area (Å²) in [5, 5.41) is 1.35. The van der Waals surface area contributed by atoms with Crippen molar-refractivity contribution in [2.24, 2.45) is 0 Å². The van der Waals surface area contributed by atoms with Crippen molar-refractivity contribution in [1.82, 2.24) is 24.5 Å². The van der Waals surface area contributed by atoms with E-state index in [0.717, 1.165) is 12.8 Å². The van der Waals surface area contributed by atoms with Crippen LogP contribution < -0.4 is 16.2 Å². The number of hydrogen-bond donors (Lipinski definition) is 1. The largest absolute Gasteiger partial charge is 0.368 e. The second kappa shape index (κ2) is 6.56. The van der Waals surface area contributed by atoms with Gasteiger partial charge in [-0.25, -0.2) is 4.98 Å². The first-order valence-corrected chi connectivity index (χ1v) is 9.33. The molecule has 26 heavy (non-hydrogen) atoms. The SMILES string of the molecule is CN(C)c1nc(N)nc(CSc2nc3ccccc3c(=O)n2C2CC2)n1. The number of rotatable bonds is 5. The average molecular weight is 369 g/mol. The highest BCUT2D eigenvalue weighted by atomic mass is 32.2. The molecule has 1 saturated carbocycles. The van der Waals surface area contributed by atoms with E-state index in [1.165, 1.54) is 11.8 Å². The van der Waals surface area contributed by atoms with Crippen molar-refractivity contribution in [2.45, 2.75) is 29.8 Å². The lowest BCUT2D eigenvalue weighted by atomic mass is 10.2. The van der Waals surface area contributed by atoms with Crippen LogP contribution in [0.3, 0.4) is 0 Å². The van der Waals surface area contributed by atoms with Gasteiger partial charge in [0.25, 0.3) is 5.56 Å². The van der Waals surface area contributed by atoms with Crippen LogP contribution in [0.25, 0.3) is 10.9 Å². The second-order valence-electron chi connectivity index (χ2n) is 6.41. The van der Waals surface area contributed by atoms with E-state index in [9.17, 15) is 4.79 Å². The summed E-state index contributed by atoms with van der Waals surface area (Å²) in [6.07, 6.45) is 2.02. The van der Waals surface area contributed by atoms with E-state index >= 15 is 0 Å². The molecule has 1 aliphatic carbocycles. The van der Waals surface area contributed by atoms with E-state index < -0.39 is 0 Å². The summed E-state index contributed by atoms with van der Waals surface area (Å²) in [4.78, 5) is 32.1. The molecule has 4 rings (SSSR count). The van der Waals surface area contributed by atoms with Crippen molar-refractivity contribution in [1.29, 1.82) is 0 Å². The fourth-order valence-corrected chi connectivity index (χ4v) is 3.62. The number of aromatic nitrogens is 5. The fourth-order valence-electron chi connectivity index (χ4n) is 2.70. The third kappa shape index (κ3) is 3.22. The summed E-state index contributed by atoms with van der Waals surface area (Å²) >= 11 is 1.45. The van der Waals surface area contributed by atoms with Crippen LogP contribution in [0.4, 0.5) is 11.9 Å². The molecule has 0 bridgehead atoms. The zero-order chi connectivity index (χ0) is 18.3. The molecule has 1 aromatic carbocycles. The lowest BCUT2D eigenvalue weighted by Gasteiger charge is -2.13. The van der Waals surface area contributed by atoms with Gasteiger partial charge in [0.05, 0.1) is 16.7 Å². The number of nitrogens with two attached hydrogens (primary N) is 1. The Balaban J connectivity index is 1.69. The standard InChI is InChI=1S/C17H19N7OS/c1-23(2)16-21-13(20-15(18)22-16)9-26-17-19-12-6-4-3-5-11(12)14(25)24(17)10-7-8-10/h3-6,10H,7-9H2,1-2H3,(H2,18,20,21,22). The highest BCUT2D eigenvalue weighted by Gasteiger charge is 2.28. The summed E-state index contributed by atoms with van der Waals surface area (Å²) in [6.45, 7) is 0. The fraction of sp³-hybridized carbons (Fsp3) is 0.353. The van der Waals surface area contributed by atoms with Crippen molar-refractivity contribution in [3.63, 3.8) is 0 Å². The molecular formula is C17H19N7OS. The quantitative estimate of drug-likeness (QED) is 0.537. The first-order valence-electron chi connectivity index (χ1n) is 8.35. The van der Waals surface area contributed by atoms with Crippen LogP contribution in [0.1, 0.15) is 24.7 Å². The van der Waals surface area contributed by atoms with Gasteiger partial charge >= 0.3 is 0 Å². The van der Waals surface area contributed by atoms with Gasteiger partial charge in [0.1, 0.15) is 5.82 Å². The van der Waals surface area contributed by atoms with Gasteiger partial charge < -0.3 is 10.6 Å². The van der Waals surface area contributed by atoms with E-state index in [1.807, 2.05) is 42.9 Å². The van der Waals surface area contributed by atoms with Crippen molar-refractivity contribution < 1.29 is 0 Å². The highest BCUT2D eigenvalue weighted by molar-refractivity contribution is 7.98. The van der Waals surface area contributed by atoms with Crippen molar-refractivity contribution in [3.8, 4) is 0 Å². The summed E-state index contributed by atoms with van der Waals surface area (Å²) in [5.41, 5.74) is 6.51. The van der Waals surface area contributed by atoms with Gasteiger partial charge in [-0.3, -0.25) is 9.36 Å². The predicted molar refractivity (Wildman–Crippen MR) is 102 cm³/mol. The molecule has 0 unspecified atom stereocenters. The van der Waals surface area contributed by atoms with Crippen LogP contribution in [0.5, 0.6) is 0 Å². The van der Waals surface area contributed by atoms with Crippen LogP contribution in [-0.4, -0.2) is 38.6 Å². The molecule has 0 saturated heterocycles. The number of fused-ring (bicyclic) bond motifs is 1. The van der Waals surface area contributed by atoms with E-state index in [1.54, 1.807) is 4.90 Å².